The van der Waals surface area contributed by atoms with Gasteiger partial charge in [-0.05, 0) is 173 Å². The quantitative estimate of drug-likeness (QED) is 0.0144. The highest BCUT2D eigenvalue weighted by atomic mass is 35.5. The topological polar surface area (TPSA) is 385 Å². The van der Waals surface area contributed by atoms with Gasteiger partial charge in [-0.1, -0.05) is 93.1 Å². The van der Waals surface area contributed by atoms with Crippen molar-refractivity contribution in [2.75, 3.05) is 6.54 Å². The smallest absolute Gasteiger partial charge is 0.373 e. The highest BCUT2D eigenvalue weighted by molar-refractivity contribution is 5.85. The Balaban J connectivity index is -0.000000225. The molecule has 0 unspecified atom stereocenters. The van der Waals surface area contributed by atoms with E-state index in [9.17, 15) is 38.4 Å². The minimum absolute atomic E-state index is 0. The van der Waals surface area contributed by atoms with Gasteiger partial charge in [0.05, 0.1) is 6.42 Å². The summed E-state index contributed by atoms with van der Waals surface area (Å²) in [4.78, 5) is 133. The molecule has 0 bridgehead atoms. The zero-order valence-electron chi connectivity index (χ0n) is 60.6. The van der Waals surface area contributed by atoms with Crippen LogP contribution < -0.4 is 39.4 Å². The Labute approximate surface area is 550 Å². The van der Waals surface area contributed by atoms with Gasteiger partial charge in [-0.25, -0.2) is 24.0 Å². The van der Waals surface area contributed by atoms with Crippen molar-refractivity contribution in [1.82, 2.24) is 21.3 Å². The lowest BCUT2D eigenvalue weighted by Gasteiger charge is -2.32. The molecule has 0 aromatic carbocycles. The summed E-state index contributed by atoms with van der Waals surface area (Å²) in [7, 11) is 0. The maximum Gasteiger partial charge on any atom is 0.373 e. The van der Waals surface area contributed by atoms with Gasteiger partial charge < -0.3 is 67.8 Å². The second-order valence-corrected chi connectivity index (χ2v) is 29.0. The number of halogens is 1. The highest BCUT2D eigenvalue weighted by Crippen LogP contribution is 2.26. The van der Waals surface area contributed by atoms with Crippen molar-refractivity contribution >= 4 is 60.2 Å². The van der Waals surface area contributed by atoms with Gasteiger partial charge in [0.2, 0.25) is 0 Å². The number of rotatable bonds is 25. The van der Waals surface area contributed by atoms with Crippen LogP contribution >= 0.6 is 0 Å². The van der Waals surface area contributed by atoms with Gasteiger partial charge >= 0.3 is 60.2 Å². The molecule has 5 atom stereocenters. The maximum atomic E-state index is 12.8. The summed E-state index contributed by atoms with van der Waals surface area (Å²) in [5.74, 6) is -2.75. The van der Waals surface area contributed by atoms with Gasteiger partial charge in [-0.3, -0.25) is 14.4 Å². The minimum atomic E-state index is -0.998. The number of carbonyl (C=O) groups excluding carboxylic acids is 12. The number of carbonyl (C=O) groups is 8. The molecule has 0 aliphatic heterocycles. The van der Waals surface area contributed by atoms with Gasteiger partial charge in [-0.2, -0.15) is 19.2 Å². The van der Waals surface area contributed by atoms with Crippen molar-refractivity contribution in [3.05, 3.63) is 10.4 Å². The van der Waals surface area contributed by atoms with E-state index in [0.717, 1.165) is 38.5 Å². The Morgan fingerprint density at radius 2 is 0.692 bits per heavy atom. The van der Waals surface area contributed by atoms with Crippen molar-refractivity contribution in [3.8, 4) is 0 Å². The summed E-state index contributed by atoms with van der Waals surface area (Å²) in [6.45, 7) is 50.8. The number of urea groups is 2. The minimum Gasteiger partial charge on any atom is -1.00 e. The number of unbranched alkanes of at least 4 members (excludes halogenated alkanes) is 3. The number of amides is 4. The highest BCUT2D eigenvalue weighted by Gasteiger charge is 2.34. The monoisotopic (exact) mass is 1320 g/mol. The molecule has 0 aliphatic rings. The van der Waals surface area contributed by atoms with E-state index < -0.39 is 87.7 Å². The lowest BCUT2D eigenvalue weighted by molar-refractivity contribution is -0.410. The van der Waals surface area contributed by atoms with Gasteiger partial charge in [0.1, 0.15) is 45.7 Å². The first kappa shape index (κ1) is 98.3. The van der Waals surface area contributed by atoms with Crippen LogP contribution in [0.1, 0.15) is 270 Å². The van der Waals surface area contributed by atoms with Crippen molar-refractivity contribution < 1.29 is 104 Å². The zero-order chi connectivity index (χ0) is 72.3. The predicted molar refractivity (Wildman–Crippen MR) is 340 cm³/mol. The molecule has 0 radical (unpaired) electrons. The summed E-state index contributed by atoms with van der Waals surface area (Å²) in [6, 6.07) is -3.64. The first-order valence-corrected chi connectivity index (χ1v) is 30.9. The fourth-order valence-electron chi connectivity index (χ4n) is 7.07. The number of azide groups is 1. The average Bonchev–Trinajstić information content (AvgIpc) is 2.01. The van der Waals surface area contributed by atoms with E-state index in [-0.39, 0.29) is 91.7 Å². The van der Waals surface area contributed by atoms with E-state index in [1.807, 2.05) is 34.6 Å². The van der Waals surface area contributed by atoms with Crippen LogP contribution in [0.2, 0.25) is 0 Å². The molecule has 0 saturated carbocycles. The number of nitrogens with zero attached hydrogens (tertiary/aromatic N) is 3. The molecular formula is C64H121ClN8O18. The van der Waals surface area contributed by atoms with E-state index in [1.54, 1.807) is 125 Å². The van der Waals surface area contributed by atoms with E-state index in [1.165, 1.54) is 0 Å². The van der Waals surface area contributed by atoms with Crippen LogP contribution in [0.5, 0.6) is 0 Å². The van der Waals surface area contributed by atoms with E-state index in [2.05, 4.69) is 64.7 Å². The van der Waals surface area contributed by atoms with Gasteiger partial charge in [0, 0.05) is 42.8 Å². The third-order valence-electron chi connectivity index (χ3n) is 10.8. The van der Waals surface area contributed by atoms with Gasteiger partial charge in [0.15, 0.2) is 6.04 Å². The van der Waals surface area contributed by atoms with Gasteiger partial charge in [-0.15, -0.1) is 0 Å². The molecule has 0 aliphatic carbocycles. The molecular weight excluding hydrogens is 1200 g/mol. The molecule has 27 heteroatoms. The Morgan fingerprint density at radius 1 is 0.429 bits per heavy atom. The molecule has 91 heavy (non-hydrogen) atoms. The first-order chi connectivity index (χ1) is 40.6. The normalized spacial score (nSPS) is 12.9. The van der Waals surface area contributed by atoms with Gasteiger partial charge in [0.25, 0.3) is 0 Å². The molecule has 0 aromatic heterocycles. The standard InChI is InChI=1S/C24H46N2O5.C23H43N5O5.C13H25NO4.C2H6.2CO2.ClH/c1-11-12-13-14-18(22(2,3)4)26-21(29)25-17(20(28)31-24(8,9)10)15-16-19(27)30-23(5,6)7;1-21(2,3)17(12-10-11-15-25-28-24)27-20(31)26-16(19(30)33-23(7,8)9)13-14-18(29)32-22(4,5)6;1-12(2,3)17-10(15)8-7-9(14)11(16)18-13(4,5)6;1-2;2*2-1-3;/h17-18H,11-16H2,1-10H3,(H2,25,26,29);16-17H,10-15H2,1-9H3,(H2,26,27,31);9H,7-8,14H2,1-6H3;1-2H3;;;1H/t17-,18-;16-,17-;9-;;;;/m000..../s1. The second-order valence-electron chi connectivity index (χ2n) is 29.0. The van der Waals surface area contributed by atoms with E-state index >= 15 is 0 Å². The van der Waals surface area contributed by atoms with Crippen LogP contribution in [0.4, 0.5) is 9.59 Å². The number of nitrogens with one attached hydrogen (secondary N) is 4. The van der Waals surface area contributed by atoms with Crippen LogP contribution in [0.3, 0.4) is 0 Å². The molecule has 4 amide bonds. The summed E-state index contributed by atoms with van der Waals surface area (Å²) in [5.41, 5.74) is 8.03. The number of esters is 6. The Kier molecular flexibility index (Phi) is 52.3. The molecule has 0 saturated heterocycles. The van der Waals surface area contributed by atoms with E-state index in [0.29, 0.717) is 19.4 Å². The lowest BCUT2D eigenvalue weighted by Crippen LogP contribution is -3.00. The number of hydrogen-bond donors (Lipinski definition) is 5. The Morgan fingerprint density at radius 3 is 0.945 bits per heavy atom. The molecule has 0 spiro atoms. The molecule has 532 valence electrons. The largest absolute Gasteiger partial charge is 1.00 e. The molecule has 7 N–H and O–H groups in total. The number of hydrogen-bond acceptors (Lipinski definition) is 19. The van der Waals surface area contributed by atoms with Crippen LogP contribution in [0.15, 0.2) is 5.11 Å². The lowest BCUT2D eigenvalue weighted by atomic mass is 9.83. The molecule has 0 rings (SSSR count). The van der Waals surface area contributed by atoms with E-state index in [4.69, 9.17) is 53.1 Å². The Bertz CT molecular complexity index is 2210. The Hall–Kier alpha value is -6.32. The SMILES string of the molecule is CC.CC(C)(C)OC(=O)CC[C@H](NC(=O)N[C@@H](CCCCN=[N+]=[N-])C(C)(C)C)C(=O)OC(C)(C)C.CC(C)(C)OC(=O)CC[C@H]([NH3+])C(=O)OC(C)(C)C.CCCCC[C@H](NC(=O)N[C@@H](CCC(=O)OC(C)(C)C)C(=O)OC(C)(C)C)C(C)(C)C.O=C=O.O=C=O.[Cl-]. The molecule has 0 heterocycles. The molecule has 0 fully saturated rings. The van der Waals surface area contributed by atoms with Crippen LogP contribution in [-0.2, 0) is 76.4 Å². The third kappa shape index (κ3) is 67.9. The number of ether oxygens (including phenoxy) is 6. The van der Waals surface area contributed by atoms with Crippen LogP contribution in [0.25, 0.3) is 10.4 Å². The summed E-state index contributed by atoms with van der Waals surface area (Å²) in [6.07, 6.45) is 7.40. The third-order valence-corrected chi connectivity index (χ3v) is 10.8. The molecule has 0 aromatic rings. The summed E-state index contributed by atoms with van der Waals surface area (Å²) >= 11 is 0. The van der Waals surface area contributed by atoms with Crippen molar-refractivity contribution in [2.45, 2.75) is 334 Å². The zero-order valence-corrected chi connectivity index (χ0v) is 61.3. The van der Waals surface area contributed by atoms with Crippen molar-refractivity contribution in [1.29, 1.82) is 0 Å². The fourth-order valence-corrected chi connectivity index (χ4v) is 7.07. The average molecular weight is 1330 g/mol. The van der Waals surface area contributed by atoms with Crippen LogP contribution in [-0.4, -0.2) is 131 Å². The van der Waals surface area contributed by atoms with Crippen molar-refractivity contribution in [3.63, 3.8) is 0 Å². The van der Waals surface area contributed by atoms with Crippen LogP contribution in [0, 0.1) is 10.8 Å². The number of quaternary nitrogens is 1. The fraction of sp³-hybridized carbons (Fsp3) is 0.844. The second kappa shape index (κ2) is 48.4. The first-order valence-electron chi connectivity index (χ1n) is 30.9. The van der Waals surface area contributed by atoms with Crippen molar-refractivity contribution in [2.24, 2.45) is 15.9 Å². The summed E-state index contributed by atoms with van der Waals surface area (Å²) < 4.78 is 31.8. The molecule has 26 nitrogen and oxygen atoms in total. The predicted octanol–water partition coefficient (Wildman–Crippen LogP) is 8.05. The maximum absolute atomic E-state index is 12.8. The summed E-state index contributed by atoms with van der Waals surface area (Å²) in [5, 5.41) is 14.9.